The number of aliphatic hydroxyl groups is 2. The molecule has 1 aromatic heterocycles. The van der Waals surface area contributed by atoms with E-state index in [4.69, 9.17) is 4.84 Å². The van der Waals surface area contributed by atoms with Gasteiger partial charge in [-0.3, -0.25) is 0 Å². The van der Waals surface area contributed by atoms with Crippen molar-refractivity contribution in [3.8, 4) is 0 Å². The molecule has 2 rings (SSSR count). The van der Waals surface area contributed by atoms with E-state index in [0.717, 1.165) is 10.4 Å². The second-order valence-corrected chi connectivity index (χ2v) is 6.37. The molecule has 2 unspecified atom stereocenters. The van der Waals surface area contributed by atoms with Gasteiger partial charge in [-0.25, -0.2) is 4.79 Å². The number of aryl methyl sites for hydroxylation is 1. The van der Waals surface area contributed by atoms with Crippen LogP contribution in [0, 0.1) is 0 Å². The van der Waals surface area contributed by atoms with Gasteiger partial charge in [-0.05, 0) is 35.4 Å². The van der Waals surface area contributed by atoms with Gasteiger partial charge < -0.3 is 15.1 Å². The Hall–Kier alpha value is -1.73. The van der Waals surface area contributed by atoms with Crippen molar-refractivity contribution in [3.63, 3.8) is 0 Å². The second kappa shape index (κ2) is 8.21. The van der Waals surface area contributed by atoms with Crippen LogP contribution in [0.3, 0.4) is 0 Å². The number of hydrogen-bond acceptors (Lipinski definition) is 6. The van der Waals surface area contributed by atoms with Crippen LogP contribution in [-0.4, -0.2) is 35.3 Å². The van der Waals surface area contributed by atoms with E-state index in [1.165, 1.54) is 16.4 Å². The van der Waals surface area contributed by atoms with E-state index in [-0.39, 0.29) is 0 Å². The largest absolute Gasteiger partial charge is 0.388 e. The van der Waals surface area contributed by atoms with Gasteiger partial charge in [0.2, 0.25) is 0 Å². The van der Waals surface area contributed by atoms with Crippen molar-refractivity contribution >= 4 is 17.3 Å². The molecule has 0 fully saturated rings. The highest BCUT2D eigenvalue weighted by atomic mass is 32.1. The highest BCUT2D eigenvalue weighted by Crippen LogP contribution is 2.26. The van der Waals surface area contributed by atoms with Crippen molar-refractivity contribution in [1.29, 1.82) is 0 Å². The third-order valence-electron chi connectivity index (χ3n) is 3.40. The van der Waals surface area contributed by atoms with Crippen LogP contribution < -0.4 is 0 Å². The molecular weight excluding hydrogens is 314 g/mol. The number of hydroxylamine groups is 2. The summed E-state index contributed by atoms with van der Waals surface area (Å²) in [5.74, 6) is -0.721. The van der Waals surface area contributed by atoms with E-state index in [0.29, 0.717) is 18.4 Å². The predicted octanol–water partition coefficient (Wildman–Crippen LogP) is 2.47. The van der Waals surface area contributed by atoms with Gasteiger partial charge in [0.05, 0.1) is 6.10 Å². The Kier molecular flexibility index (Phi) is 6.29. The lowest BCUT2D eigenvalue weighted by Gasteiger charge is -2.17. The van der Waals surface area contributed by atoms with Gasteiger partial charge in [-0.1, -0.05) is 30.3 Å². The minimum absolute atomic E-state index is 0.512. The summed E-state index contributed by atoms with van der Waals surface area (Å²) in [4.78, 5) is 17.7. The summed E-state index contributed by atoms with van der Waals surface area (Å²) in [7, 11) is 3.15. The number of thiophene rings is 1. The lowest BCUT2D eigenvalue weighted by atomic mass is 9.97. The van der Waals surface area contributed by atoms with Gasteiger partial charge in [0.15, 0.2) is 6.10 Å². The molecule has 0 saturated carbocycles. The first-order chi connectivity index (χ1) is 11.0. The summed E-state index contributed by atoms with van der Waals surface area (Å²) in [6, 6.07) is 11.0. The normalized spacial score (nSPS) is 13.8. The fraction of sp³-hybridized carbons (Fsp3) is 0.353. The third-order valence-corrected chi connectivity index (χ3v) is 4.38. The van der Waals surface area contributed by atoms with Crippen molar-refractivity contribution in [3.05, 3.63) is 57.8 Å². The van der Waals surface area contributed by atoms with Crippen LogP contribution in [0.25, 0.3) is 0 Å². The maximum atomic E-state index is 11.9. The molecule has 0 bridgehead atoms. The van der Waals surface area contributed by atoms with Gasteiger partial charge in [0.1, 0.15) is 0 Å². The summed E-state index contributed by atoms with van der Waals surface area (Å²) in [6.45, 7) is 0. The van der Waals surface area contributed by atoms with Crippen molar-refractivity contribution in [2.75, 3.05) is 14.1 Å². The van der Waals surface area contributed by atoms with Gasteiger partial charge in [-0.15, -0.1) is 16.4 Å². The zero-order chi connectivity index (χ0) is 16.8. The number of carbonyl (C=O) groups is 1. The van der Waals surface area contributed by atoms with Crippen molar-refractivity contribution in [2.45, 2.75) is 25.0 Å². The summed E-state index contributed by atoms with van der Waals surface area (Å²) in [5.41, 5.74) is 1.34. The molecule has 0 aliphatic carbocycles. The molecule has 2 aromatic rings. The molecule has 1 aromatic carbocycles. The van der Waals surface area contributed by atoms with E-state index in [2.05, 4.69) is 0 Å². The Bertz CT molecular complexity index is 627. The highest BCUT2D eigenvalue weighted by Gasteiger charge is 2.23. The first-order valence-corrected chi connectivity index (χ1v) is 8.23. The molecule has 0 spiro atoms. The van der Waals surface area contributed by atoms with Gasteiger partial charge in [0, 0.05) is 19.0 Å². The monoisotopic (exact) mass is 335 g/mol. The number of nitrogens with zero attached hydrogens (tertiary/aromatic N) is 1. The predicted molar refractivity (Wildman–Crippen MR) is 88.8 cm³/mol. The van der Waals surface area contributed by atoms with Gasteiger partial charge >= 0.3 is 5.97 Å². The molecule has 6 heteroatoms. The van der Waals surface area contributed by atoms with Crippen LogP contribution >= 0.6 is 11.3 Å². The quantitative estimate of drug-likeness (QED) is 0.761. The number of hydrogen-bond donors (Lipinski definition) is 2. The van der Waals surface area contributed by atoms with Gasteiger partial charge in [0.25, 0.3) is 0 Å². The average Bonchev–Trinajstić information content (AvgIpc) is 3.06. The molecule has 0 aliphatic rings. The molecule has 124 valence electrons. The highest BCUT2D eigenvalue weighted by molar-refractivity contribution is 7.10. The second-order valence-electron chi connectivity index (χ2n) is 5.39. The average molecular weight is 335 g/mol. The molecular formula is C17H21NO4S. The zero-order valence-electron chi connectivity index (χ0n) is 13.2. The van der Waals surface area contributed by atoms with Crippen molar-refractivity contribution in [2.24, 2.45) is 0 Å². The van der Waals surface area contributed by atoms with Crippen LogP contribution in [0.4, 0.5) is 0 Å². The maximum absolute atomic E-state index is 11.9. The minimum Gasteiger partial charge on any atom is -0.388 e. The van der Waals surface area contributed by atoms with Crippen molar-refractivity contribution < 1.29 is 19.8 Å². The topological polar surface area (TPSA) is 70.0 Å². The van der Waals surface area contributed by atoms with E-state index < -0.39 is 18.2 Å². The summed E-state index contributed by atoms with van der Waals surface area (Å²) in [5, 5.41) is 23.6. The lowest BCUT2D eigenvalue weighted by molar-refractivity contribution is -0.188. The maximum Gasteiger partial charge on any atom is 0.358 e. The Morgan fingerprint density at radius 2 is 1.96 bits per heavy atom. The van der Waals surface area contributed by atoms with E-state index in [1.54, 1.807) is 26.2 Å². The van der Waals surface area contributed by atoms with E-state index in [9.17, 15) is 15.0 Å². The van der Waals surface area contributed by atoms with Crippen LogP contribution in [0.1, 0.15) is 34.6 Å². The summed E-state index contributed by atoms with van der Waals surface area (Å²) >= 11 is 1.51. The number of benzene rings is 1. The third kappa shape index (κ3) is 4.87. The van der Waals surface area contributed by atoms with Gasteiger partial charge in [-0.2, -0.15) is 0 Å². The molecule has 0 saturated heterocycles. The Morgan fingerprint density at radius 1 is 1.22 bits per heavy atom. The van der Waals surface area contributed by atoms with Crippen molar-refractivity contribution in [1.82, 2.24) is 5.06 Å². The van der Waals surface area contributed by atoms with Crippen LogP contribution in [0.2, 0.25) is 0 Å². The van der Waals surface area contributed by atoms with E-state index in [1.807, 2.05) is 29.6 Å². The Labute approximate surface area is 139 Å². The summed E-state index contributed by atoms with van der Waals surface area (Å²) in [6.07, 6.45) is -0.810. The molecule has 2 atom stereocenters. The number of carbonyl (C=O) groups excluding carboxylic acids is 1. The molecule has 0 radical (unpaired) electrons. The molecule has 23 heavy (non-hydrogen) atoms. The van der Waals surface area contributed by atoms with Crippen LogP contribution in [0.5, 0.6) is 0 Å². The number of aliphatic hydroxyl groups excluding tert-OH is 2. The number of rotatable bonds is 7. The Morgan fingerprint density at radius 3 is 2.61 bits per heavy atom. The minimum atomic E-state index is -1.34. The SMILES string of the molecule is CN(C)OC(=O)C(O)c1ccccc1CCC(O)c1cccs1. The van der Waals surface area contributed by atoms with E-state index >= 15 is 0 Å². The first-order valence-electron chi connectivity index (χ1n) is 7.35. The zero-order valence-corrected chi connectivity index (χ0v) is 14.0. The molecule has 1 heterocycles. The first kappa shape index (κ1) is 17.6. The fourth-order valence-corrected chi connectivity index (χ4v) is 3.05. The standard InChI is InChI=1S/C17H21NO4S/c1-18(2)22-17(21)16(20)13-7-4-3-6-12(13)9-10-14(19)15-8-5-11-23-15/h3-8,11,14,16,19-20H,9-10H2,1-2H3. The fourth-order valence-electron chi connectivity index (χ4n) is 2.30. The summed E-state index contributed by atoms with van der Waals surface area (Å²) < 4.78 is 0. The van der Waals surface area contributed by atoms with Crippen LogP contribution in [-0.2, 0) is 16.1 Å². The van der Waals surface area contributed by atoms with Crippen LogP contribution in [0.15, 0.2) is 41.8 Å². The molecule has 5 nitrogen and oxygen atoms in total. The lowest BCUT2D eigenvalue weighted by Crippen LogP contribution is -2.24. The molecule has 0 amide bonds. The Balaban J connectivity index is 2.06. The molecule has 2 N–H and O–H groups in total. The smallest absolute Gasteiger partial charge is 0.358 e. The molecule has 0 aliphatic heterocycles.